The lowest BCUT2D eigenvalue weighted by Gasteiger charge is -2.12. The SMILES string of the molecule is Cc1ccc(OCc2nnc(SCC(=O)Nc3ccc([N+](=O)[O-])cc3C)n2-c2ccccc2)cc1. The van der Waals surface area contributed by atoms with E-state index >= 15 is 0 Å². The zero-order chi connectivity index (χ0) is 24.8. The Labute approximate surface area is 206 Å². The maximum absolute atomic E-state index is 12.6. The number of nitrogens with one attached hydrogen (secondary N) is 1. The number of carbonyl (C=O) groups excluding carboxylic acids is 1. The first-order valence-corrected chi connectivity index (χ1v) is 11.8. The van der Waals surface area contributed by atoms with Crippen LogP contribution in [0.2, 0.25) is 0 Å². The molecule has 0 atom stereocenters. The van der Waals surface area contributed by atoms with Gasteiger partial charge in [-0.05, 0) is 49.7 Å². The number of aromatic nitrogens is 3. The molecule has 1 aromatic heterocycles. The molecule has 1 heterocycles. The van der Waals surface area contributed by atoms with Gasteiger partial charge in [-0.25, -0.2) is 0 Å². The van der Waals surface area contributed by atoms with E-state index in [2.05, 4.69) is 15.5 Å². The summed E-state index contributed by atoms with van der Waals surface area (Å²) < 4.78 is 7.77. The van der Waals surface area contributed by atoms with E-state index in [4.69, 9.17) is 4.74 Å². The predicted molar refractivity (Wildman–Crippen MR) is 134 cm³/mol. The Kier molecular flexibility index (Phi) is 7.41. The van der Waals surface area contributed by atoms with E-state index in [1.165, 1.54) is 30.0 Å². The smallest absolute Gasteiger partial charge is 0.269 e. The molecule has 178 valence electrons. The van der Waals surface area contributed by atoms with Crippen molar-refractivity contribution in [1.29, 1.82) is 0 Å². The highest BCUT2D eigenvalue weighted by Gasteiger charge is 2.17. The fraction of sp³-hybridized carbons (Fsp3) is 0.160. The Bertz CT molecular complexity index is 1340. The monoisotopic (exact) mass is 489 g/mol. The summed E-state index contributed by atoms with van der Waals surface area (Å²) >= 11 is 1.24. The molecule has 0 saturated carbocycles. The minimum atomic E-state index is -0.467. The molecule has 1 amide bonds. The highest BCUT2D eigenvalue weighted by atomic mass is 32.2. The third-order valence-corrected chi connectivity index (χ3v) is 6.06. The second-order valence-electron chi connectivity index (χ2n) is 7.76. The van der Waals surface area contributed by atoms with Crippen molar-refractivity contribution in [2.24, 2.45) is 0 Å². The summed E-state index contributed by atoms with van der Waals surface area (Å²) in [5.41, 5.74) is 3.12. The number of nitro groups is 1. The molecule has 4 rings (SSSR count). The number of amides is 1. The standard InChI is InChI=1S/C25H23N5O4S/c1-17-8-11-21(12-9-17)34-15-23-27-28-25(29(23)19-6-4-3-5-7-19)35-16-24(31)26-22-13-10-20(30(32)33)14-18(22)2/h3-14H,15-16H2,1-2H3,(H,26,31). The Morgan fingerprint density at radius 1 is 1.06 bits per heavy atom. The van der Waals surface area contributed by atoms with Crippen LogP contribution in [0.4, 0.5) is 11.4 Å². The summed E-state index contributed by atoms with van der Waals surface area (Å²) in [7, 11) is 0. The van der Waals surface area contributed by atoms with Crippen molar-refractivity contribution in [2.75, 3.05) is 11.1 Å². The first-order valence-electron chi connectivity index (χ1n) is 10.8. The molecule has 1 N–H and O–H groups in total. The molecule has 0 saturated heterocycles. The molecule has 0 radical (unpaired) electrons. The molecule has 0 unspecified atom stereocenters. The van der Waals surface area contributed by atoms with Gasteiger partial charge in [0.05, 0.1) is 10.7 Å². The summed E-state index contributed by atoms with van der Waals surface area (Å²) in [4.78, 5) is 23.1. The number of non-ortho nitro benzene ring substituents is 1. The molecule has 10 heteroatoms. The van der Waals surface area contributed by atoms with Crippen molar-refractivity contribution in [2.45, 2.75) is 25.6 Å². The number of nitrogens with zero attached hydrogens (tertiary/aromatic N) is 4. The lowest BCUT2D eigenvalue weighted by Crippen LogP contribution is -2.15. The maximum Gasteiger partial charge on any atom is 0.269 e. The normalized spacial score (nSPS) is 10.7. The third kappa shape index (κ3) is 6.04. The van der Waals surface area contributed by atoms with Crippen LogP contribution in [0.1, 0.15) is 17.0 Å². The van der Waals surface area contributed by atoms with Gasteiger partial charge in [-0.1, -0.05) is 47.7 Å². The van der Waals surface area contributed by atoms with E-state index in [1.807, 2.05) is 66.1 Å². The van der Waals surface area contributed by atoms with E-state index < -0.39 is 4.92 Å². The van der Waals surface area contributed by atoms with Gasteiger partial charge < -0.3 is 10.1 Å². The van der Waals surface area contributed by atoms with E-state index in [0.29, 0.717) is 22.2 Å². The Morgan fingerprint density at radius 3 is 2.49 bits per heavy atom. The van der Waals surface area contributed by atoms with Crippen molar-refractivity contribution in [3.63, 3.8) is 0 Å². The first kappa shape index (κ1) is 24.0. The molecule has 0 aliphatic carbocycles. The van der Waals surface area contributed by atoms with Gasteiger partial charge in [-0.3, -0.25) is 19.5 Å². The van der Waals surface area contributed by atoms with E-state index in [0.717, 1.165) is 17.0 Å². The number of nitro benzene ring substituents is 1. The zero-order valence-corrected chi connectivity index (χ0v) is 20.0. The van der Waals surface area contributed by atoms with Crippen LogP contribution >= 0.6 is 11.8 Å². The molecular formula is C25H23N5O4S. The van der Waals surface area contributed by atoms with E-state index in [-0.39, 0.29) is 24.0 Å². The molecule has 9 nitrogen and oxygen atoms in total. The van der Waals surface area contributed by atoms with Gasteiger partial charge in [0.1, 0.15) is 12.4 Å². The van der Waals surface area contributed by atoms with Crippen molar-refractivity contribution in [3.05, 3.63) is 99.9 Å². The lowest BCUT2D eigenvalue weighted by atomic mass is 10.2. The molecule has 0 fully saturated rings. The summed E-state index contributed by atoms with van der Waals surface area (Å²) in [6.45, 7) is 3.93. The van der Waals surface area contributed by atoms with Crippen LogP contribution in [0.15, 0.2) is 78.0 Å². The summed E-state index contributed by atoms with van der Waals surface area (Å²) in [6, 6.07) is 21.7. The number of benzene rings is 3. The van der Waals surface area contributed by atoms with Gasteiger partial charge in [-0.15, -0.1) is 10.2 Å². The van der Waals surface area contributed by atoms with Gasteiger partial charge in [0.25, 0.3) is 5.69 Å². The number of carbonyl (C=O) groups is 1. The average molecular weight is 490 g/mol. The number of para-hydroxylation sites is 1. The van der Waals surface area contributed by atoms with Crippen molar-refractivity contribution < 1.29 is 14.5 Å². The molecule has 0 spiro atoms. The summed E-state index contributed by atoms with van der Waals surface area (Å²) in [5, 5.41) is 22.9. The highest BCUT2D eigenvalue weighted by Crippen LogP contribution is 2.25. The number of hydrogen-bond donors (Lipinski definition) is 1. The number of anilines is 1. The van der Waals surface area contributed by atoms with E-state index in [9.17, 15) is 14.9 Å². The van der Waals surface area contributed by atoms with Crippen LogP contribution in [-0.2, 0) is 11.4 Å². The first-order chi connectivity index (χ1) is 16.9. The van der Waals surface area contributed by atoms with E-state index in [1.54, 1.807) is 6.92 Å². The van der Waals surface area contributed by atoms with Crippen LogP contribution in [-0.4, -0.2) is 31.3 Å². The second-order valence-corrected chi connectivity index (χ2v) is 8.71. The minimum absolute atomic E-state index is 0.0220. The number of hydrogen-bond acceptors (Lipinski definition) is 7. The van der Waals surface area contributed by atoms with Crippen molar-refractivity contribution in [3.8, 4) is 11.4 Å². The molecular weight excluding hydrogens is 466 g/mol. The molecule has 3 aromatic carbocycles. The van der Waals surface area contributed by atoms with Gasteiger partial charge in [0.2, 0.25) is 5.91 Å². The van der Waals surface area contributed by atoms with Gasteiger partial charge in [0.15, 0.2) is 11.0 Å². The fourth-order valence-corrected chi connectivity index (χ4v) is 4.09. The van der Waals surface area contributed by atoms with Crippen LogP contribution in [0.3, 0.4) is 0 Å². The highest BCUT2D eigenvalue weighted by molar-refractivity contribution is 7.99. The second kappa shape index (κ2) is 10.8. The van der Waals surface area contributed by atoms with Crippen LogP contribution in [0.5, 0.6) is 5.75 Å². The summed E-state index contributed by atoms with van der Waals surface area (Å²) in [6.07, 6.45) is 0. The Hall–Kier alpha value is -4.18. The topological polar surface area (TPSA) is 112 Å². The number of thioether (sulfide) groups is 1. The van der Waals surface area contributed by atoms with Gasteiger partial charge >= 0.3 is 0 Å². The Morgan fingerprint density at radius 2 is 1.80 bits per heavy atom. The quantitative estimate of drug-likeness (QED) is 0.198. The van der Waals surface area contributed by atoms with Crippen molar-refractivity contribution in [1.82, 2.24) is 14.8 Å². The van der Waals surface area contributed by atoms with Gasteiger partial charge in [-0.2, -0.15) is 0 Å². The molecule has 35 heavy (non-hydrogen) atoms. The molecule has 0 aliphatic rings. The minimum Gasteiger partial charge on any atom is -0.486 e. The predicted octanol–water partition coefficient (Wildman–Crippen LogP) is 5.10. The third-order valence-electron chi connectivity index (χ3n) is 5.13. The number of rotatable bonds is 9. The lowest BCUT2D eigenvalue weighted by molar-refractivity contribution is -0.384. The summed E-state index contributed by atoms with van der Waals surface area (Å²) in [5.74, 6) is 1.16. The van der Waals surface area contributed by atoms with Crippen molar-refractivity contribution >= 4 is 29.0 Å². The molecule has 0 bridgehead atoms. The van der Waals surface area contributed by atoms with Crippen LogP contribution in [0.25, 0.3) is 5.69 Å². The Balaban J connectivity index is 1.47. The van der Waals surface area contributed by atoms with Gasteiger partial charge in [0, 0.05) is 23.5 Å². The zero-order valence-electron chi connectivity index (χ0n) is 19.2. The largest absolute Gasteiger partial charge is 0.486 e. The molecule has 4 aromatic rings. The number of ether oxygens (including phenoxy) is 1. The van der Waals surface area contributed by atoms with Crippen LogP contribution < -0.4 is 10.1 Å². The van der Waals surface area contributed by atoms with Crippen LogP contribution in [0, 0.1) is 24.0 Å². The fourth-order valence-electron chi connectivity index (χ4n) is 3.32. The maximum atomic E-state index is 12.6. The average Bonchev–Trinajstić information content (AvgIpc) is 3.27. The molecule has 0 aliphatic heterocycles. The number of aryl methyl sites for hydroxylation is 2.